The number of hydrogen-bond acceptors (Lipinski definition) is 1. The largest absolute Gasteiger partial charge is 0.135 e. The highest BCUT2D eigenvalue weighted by molar-refractivity contribution is 9.10. The van der Waals surface area contributed by atoms with Crippen molar-refractivity contribution < 1.29 is 0 Å². The first-order valence-electron chi connectivity index (χ1n) is 5.93. The number of fused-ring (bicyclic) bond motifs is 5. The Kier molecular flexibility index (Phi) is 2.59. The molecule has 0 spiro atoms. The van der Waals surface area contributed by atoms with Crippen LogP contribution in [0.5, 0.6) is 0 Å². The maximum atomic E-state index is 6.19. The summed E-state index contributed by atoms with van der Waals surface area (Å²) in [6.07, 6.45) is 0. The molecule has 0 N–H and O–H groups in total. The van der Waals surface area contributed by atoms with Gasteiger partial charge in [0, 0.05) is 24.6 Å². The Hall–Kier alpha value is -1.09. The summed E-state index contributed by atoms with van der Waals surface area (Å²) in [6.45, 7) is 0. The molecule has 0 amide bonds. The van der Waals surface area contributed by atoms with E-state index in [1.807, 2.05) is 6.07 Å². The van der Waals surface area contributed by atoms with E-state index in [1.54, 1.807) is 11.3 Å². The van der Waals surface area contributed by atoms with Crippen molar-refractivity contribution in [3.8, 4) is 0 Å². The van der Waals surface area contributed by atoms with Gasteiger partial charge < -0.3 is 0 Å². The average Bonchev–Trinajstić information content (AvgIpc) is 2.77. The number of halogens is 2. The van der Waals surface area contributed by atoms with E-state index in [-0.39, 0.29) is 0 Å². The van der Waals surface area contributed by atoms with E-state index in [1.165, 1.54) is 30.9 Å². The van der Waals surface area contributed by atoms with Crippen molar-refractivity contribution in [3.05, 3.63) is 58.0 Å². The van der Waals surface area contributed by atoms with Crippen molar-refractivity contribution in [3.63, 3.8) is 0 Å². The van der Waals surface area contributed by atoms with Gasteiger partial charge in [-0.05, 0) is 44.9 Å². The van der Waals surface area contributed by atoms with E-state index < -0.39 is 0 Å². The predicted molar refractivity (Wildman–Crippen MR) is 89.5 cm³/mol. The van der Waals surface area contributed by atoms with Crippen molar-refractivity contribution in [1.82, 2.24) is 0 Å². The third kappa shape index (κ3) is 1.71. The first-order valence-corrected chi connectivity index (χ1v) is 7.92. The van der Waals surface area contributed by atoms with E-state index >= 15 is 0 Å². The van der Waals surface area contributed by atoms with E-state index in [0.717, 1.165) is 9.50 Å². The van der Waals surface area contributed by atoms with Gasteiger partial charge in [-0.15, -0.1) is 11.3 Å². The second kappa shape index (κ2) is 4.20. The molecule has 19 heavy (non-hydrogen) atoms. The van der Waals surface area contributed by atoms with Gasteiger partial charge in [0.2, 0.25) is 0 Å². The van der Waals surface area contributed by atoms with Gasteiger partial charge in [-0.3, -0.25) is 0 Å². The topological polar surface area (TPSA) is 0 Å². The Morgan fingerprint density at radius 3 is 2.63 bits per heavy atom. The van der Waals surface area contributed by atoms with Gasteiger partial charge in [-0.2, -0.15) is 0 Å². The van der Waals surface area contributed by atoms with Crippen LogP contribution in [-0.4, -0.2) is 0 Å². The molecule has 1 aromatic heterocycles. The predicted octanol–water partition coefficient (Wildman–Crippen LogP) is 6.62. The molecule has 0 atom stereocenters. The molecule has 1 heterocycles. The Balaban J connectivity index is 2.32. The SMILES string of the molecule is Clc1cc2sc3ccc4ccccc4c3c2cc1Br. The van der Waals surface area contributed by atoms with Gasteiger partial charge in [0.25, 0.3) is 0 Å². The molecule has 0 saturated carbocycles. The van der Waals surface area contributed by atoms with Crippen LogP contribution in [0.4, 0.5) is 0 Å². The van der Waals surface area contributed by atoms with Gasteiger partial charge in [0.15, 0.2) is 0 Å². The number of rotatable bonds is 0. The van der Waals surface area contributed by atoms with Crippen LogP contribution in [0.2, 0.25) is 5.02 Å². The van der Waals surface area contributed by atoms with Gasteiger partial charge in [0.1, 0.15) is 0 Å². The lowest BCUT2D eigenvalue weighted by Gasteiger charge is -2.01. The van der Waals surface area contributed by atoms with Crippen LogP contribution >= 0.6 is 38.9 Å². The molecule has 4 aromatic rings. The van der Waals surface area contributed by atoms with Crippen LogP contribution in [0.3, 0.4) is 0 Å². The smallest absolute Gasteiger partial charge is 0.0562 e. The van der Waals surface area contributed by atoms with Crippen LogP contribution in [0.25, 0.3) is 30.9 Å². The molecule has 3 heteroatoms. The molecule has 0 fully saturated rings. The molecule has 0 aliphatic carbocycles. The lowest BCUT2D eigenvalue weighted by atomic mass is 10.0. The first-order chi connectivity index (χ1) is 9.24. The fraction of sp³-hybridized carbons (Fsp3) is 0. The minimum atomic E-state index is 0.767. The summed E-state index contributed by atoms with van der Waals surface area (Å²) >= 11 is 11.5. The summed E-state index contributed by atoms with van der Waals surface area (Å²) in [4.78, 5) is 0. The highest BCUT2D eigenvalue weighted by Gasteiger charge is 2.10. The second-order valence-corrected chi connectivity index (χ2v) is 6.87. The lowest BCUT2D eigenvalue weighted by Crippen LogP contribution is -1.74. The van der Waals surface area contributed by atoms with E-state index in [9.17, 15) is 0 Å². The standard InChI is InChI=1S/C16H8BrClS/c17-12-7-11-15(8-13(12)18)19-14-6-5-9-3-1-2-4-10(9)16(11)14/h1-8H. The van der Waals surface area contributed by atoms with E-state index in [4.69, 9.17) is 11.6 Å². The normalized spacial score (nSPS) is 11.7. The quantitative estimate of drug-likeness (QED) is 0.335. The summed E-state index contributed by atoms with van der Waals surface area (Å²) in [5, 5.41) is 5.95. The Bertz CT molecular complexity index is 940. The number of hydrogen-bond donors (Lipinski definition) is 0. The third-order valence-corrected chi connectivity index (χ3v) is 5.72. The molecule has 0 aliphatic rings. The fourth-order valence-electron chi connectivity index (χ4n) is 2.54. The molecule has 4 rings (SSSR count). The molecule has 92 valence electrons. The first kappa shape index (κ1) is 11.7. The Labute approximate surface area is 127 Å². The van der Waals surface area contributed by atoms with Crippen molar-refractivity contribution in [2.45, 2.75) is 0 Å². The minimum Gasteiger partial charge on any atom is -0.135 e. The average molecular weight is 348 g/mol. The van der Waals surface area contributed by atoms with Crippen LogP contribution in [0.15, 0.2) is 53.0 Å². The molecule has 0 aliphatic heterocycles. The zero-order valence-electron chi connectivity index (χ0n) is 9.78. The zero-order chi connectivity index (χ0) is 13.0. The lowest BCUT2D eigenvalue weighted by molar-refractivity contribution is 1.77. The Morgan fingerprint density at radius 2 is 1.74 bits per heavy atom. The zero-order valence-corrected chi connectivity index (χ0v) is 12.9. The van der Waals surface area contributed by atoms with Crippen LogP contribution in [-0.2, 0) is 0 Å². The van der Waals surface area contributed by atoms with Crippen molar-refractivity contribution in [1.29, 1.82) is 0 Å². The second-order valence-electron chi connectivity index (χ2n) is 4.52. The molecule has 0 radical (unpaired) electrons. The van der Waals surface area contributed by atoms with E-state index in [0.29, 0.717) is 0 Å². The highest BCUT2D eigenvalue weighted by Crippen LogP contribution is 2.41. The molecular weight excluding hydrogens is 340 g/mol. The van der Waals surface area contributed by atoms with Gasteiger partial charge in [0.05, 0.1) is 5.02 Å². The van der Waals surface area contributed by atoms with Crippen molar-refractivity contribution >= 4 is 69.8 Å². The molecule has 0 saturated heterocycles. The highest BCUT2D eigenvalue weighted by atomic mass is 79.9. The molecular formula is C16H8BrClS. The van der Waals surface area contributed by atoms with Crippen LogP contribution in [0.1, 0.15) is 0 Å². The number of thiophene rings is 1. The summed E-state index contributed by atoms with van der Waals surface area (Å²) in [5.74, 6) is 0. The summed E-state index contributed by atoms with van der Waals surface area (Å²) in [6, 6.07) is 17.1. The van der Waals surface area contributed by atoms with Crippen molar-refractivity contribution in [2.75, 3.05) is 0 Å². The van der Waals surface area contributed by atoms with Crippen LogP contribution in [0, 0.1) is 0 Å². The molecule has 0 bridgehead atoms. The fourth-order valence-corrected chi connectivity index (χ4v) is 4.26. The van der Waals surface area contributed by atoms with Crippen LogP contribution < -0.4 is 0 Å². The molecule has 3 aromatic carbocycles. The summed E-state index contributed by atoms with van der Waals surface area (Å²) in [5.41, 5.74) is 0. The number of benzene rings is 3. The van der Waals surface area contributed by atoms with Gasteiger partial charge >= 0.3 is 0 Å². The monoisotopic (exact) mass is 346 g/mol. The molecule has 0 nitrogen and oxygen atoms in total. The van der Waals surface area contributed by atoms with Gasteiger partial charge in [-0.25, -0.2) is 0 Å². The minimum absolute atomic E-state index is 0.767. The maximum absolute atomic E-state index is 6.19. The Morgan fingerprint density at radius 1 is 0.895 bits per heavy atom. The van der Waals surface area contributed by atoms with Gasteiger partial charge in [-0.1, -0.05) is 41.9 Å². The maximum Gasteiger partial charge on any atom is 0.0562 e. The summed E-state index contributed by atoms with van der Waals surface area (Å²) < 4.78 is 3.50. The summed E-state index contributed by atoms with van der Waals surface area (Å²) in [7, 11) is 0. The van der Waals surface area contributed by atoms with Crippen molar-refractivity contribution in [2.24, 2.45) is 0 Å². The van der Waals surface area contributed by atoms with E-state index in [2.05, 4.69) is 58.4 Å². The molecule has 0 unspecified atom stereocenters. The third-order valence-electron chi connectivity index (χ3n) is 3.40.